The zero-order chi connectivity index (χ0) is 14.2. The lowest BCUT2D eigenvalue weighted by Gasteiger charge is -2.19. The number of fused-ring (bicyclic) bond motifs is 1. The van der Waals surface area contributed by atoms with Crippen LogP contribution in [0.1, 0.15) is 5.56 Å². The summed E-state index contributed by atoms with van der Waals surface area (Å²) in [6, 6.07) is 6.39. The number of benzene rings is 1. The largest absolute Gasteiger partial charge is 0.573 e. The minimum absolute atomic E-state index is 0.0878. The molecule has 0 radical (unpaired) electrons. The van der Waals surface area contributed by atoms with E-state index in [1.165, 1.54) is 6.07 Å². The minimum atomic E-state index is -4.64. The molecule has 110 valence electrons. The summed E-state index contributed by atoms with van der Waals surface area (Å²) in [4.78, 5) is 2.22. The zero-order valence-electron chi connectivity index (χ0n) is 11.0. The summed E-state index contributed by atoms with van der Waals surface area (Å²) in [6.45, 7) is 4.43. The fourth-order valence-electron chi connectivity index (χ4n) is 3.18. The topological polar surface area (TPSA) is 24.5 Å². The van der Waals surface area contributed by atoms with Crippen molar-refractivity contribution in [3.63, 3.8) is 0 Å². The van der Waals surface area contributed by atoms with E-state index >= 15 is 0 Å². The van der Waals surface area contributed by atoms with Crippen molar-refractivity contribution in [2.24, 2.45) is 11.8 Å². The first-order valence-corrected chi connectivity index (χ1v) is 6.78. The van der Waals surface area contributed by atoms with Gasteiger partial charge in [-0.1, -0.05) is 18.2 Å². The standard InChI is InChI=1S/C14H17F3N2O/c15-14(16,17)20-13-4-2-1-3-10(13)7-19-8-11-5-18-6-12(11)9-19/h1-4,11-12,18H,5-9H2. The van der Waals surface area contributed by atoms with Crippen LogP contribution >= 0.6 is 0 Å². The molecule has 2 heterocycles. The van der Waals surface area contributed by atoms with Gasteiger partial charge in [-0.25, -0.2) is 0 Å². The van der Waals surface area contributed by atoms with Crippen molar-refractivity contribution >= 4 is 0 Å². The Bertz CT molecular complexity index is 466. The molecular weight excluding hydrogens is 269 g/mol. The molecule has 1 aromatic carbocycles. The van der Waals surface area contributed by atoms with Crippen LogP contribution in [-0.4, -0.2) is 37.4 Å². The number of likely N-dealkylation sites (tertiary alicyclic amines) is 1. The highest BCUT2D eigenvalue weighted by Gasteiger charge is 2.36. The zero-order valence-corrected chi connectivity index (χ0v) is 11.0. The average molecular weight is 286 g/mol. The second-order valence-electron chi connectivity index (χ2n) is 5.53. The summed E-state index contributed by atoms with van der Waals surface area (Å²) in [7, 11) is 0. The van der Waals surface area contributed by atoms with E-state index in [0.29, 0.717) is 23.9 Å². The molecule has 1 N–H and O–H groups in total. The molecule has 2 unspecified atom stereocenters. The number of ether oxygens (including phenoxy) is 1. The van der Waals surface area contributed by atoms with Gasteiger partial charge >= 0.3 is 6.36 Å². The van der Waals surface area contributed by atoms with E-state index in [1.807, 2.05) is 0 Å². The molecule has 0 bridgehead atoms. The van der Waals surface area contributed by atoms with Crippen LogP contribution in [0.25, 0.3) is 0 Å². The number of nitrogens with zero attached hydrogens (tertiary/aromatic N) is 1. The number of alkyl halides is 3. The predicted octanol–water partition coefficient (Wildman–Crippen LogP) is 2.24. The summed E-state index contributed by atoms with van der Waals surface area (Å²) in [5.41, 5.74) is 0.595. The van der Waals surface area contributed by atoms with Crippen LogP contribution in [0.15, 0.2) is 24.3 Å². The number of halogens is 3. The van der Waals surface area contributed by atoms with Crippen LogP contribution in [0.5, 0.6) is 5.75 Å². The van der Waals surface area contributed by atoms with E-state index in [2.05, 4.69) is 15.0 Å². The molecule has 0 aromatic heterocycles. The Labute approximate surface area is 115 Å². The van der Waals surface area contributed by atoms with Crippen molar-refractivity contribution in [1.29, 1.82) is 0 Å². The third-order valence-corrected chi connectivity index (χ3v) is 4.06. The first-order chi connectivity index (χ1) is 9.51. The number of hydrogen-bond acceptors (Lipinski definition) is 3. The summed E-state index contributed by atoms with van der Waals surface area (Å²) in [5, 5.41) is 3.35. The van der Waals surface area contributed by atoms with Crippen molar-refractivity contribution in [2.45, 2.75) is 12.9 Å². The van der Waals surface area contributed by atoms with E-state index in [-0.39, 0.29) is 5.75 Å². The molecule has 0 aliphatic carbocycles. The predicted molar refractivity (Wildman–Crippen MR) is 68.3 cm³/mol. The molecule has 0 saturated carbocycles. The van der Waals surface area contributed by atoms with Gasteiger partial charge in [-0.05, 0) is 31.0 Å². The minimum Gasteiger partial charge on any atom is -0.405 e. The van der Waals surface area contributed by atoms with Crippen LogP contribution in [0.3, 0.4) is 0 Å². The highest BCUT2D eigenvalue weighted by molar-refractivity contribution is 5.33. The van der Waals surface area contributed by atoms with Crippen molar-refractivity contribution in [3.05, 3.63) is 29.8 Å². The van der Waals surface area contributed by atoms with Gasteiger partial charge in [0.25, 0.3) is 0 Å². The molecule has 0 amide bonds. The van der Waals surface area contributed by atoms with Crippen molar-refractivity contribution in [1.82, 2.24) is 10.2 Å². The van der Waals surface area contributed by atoms with E-state index in [4.69, 9.17) is 0 Å². The molecular formula is C14H17F3N2O. The maximum atomic E-state index is 12.4. The normalized spacial score (nSPS) is 26.8. The second-order valence-corrected chi connectivity index (χ2v) is 5.53. The first kappa shape index (κ1) is 13.7. The summed E-state index contributed by atoms with van der Waals surface area (Å²) < 4.78 is 41.2. The Hall–Kier alpha value is -1.27. The van der Waals surface area contributed by atoms with Gasteiger partial charge in [0.2, 0.25) is 0 Å². The molecule has 1 aromatic rings. The lowest BCUT2D eigenvalue weighted by atomic mass is 10.0. The molecule has 0 spiro atoms. The summed E-state index contributed by atoms with van der Waals surface area (Å²) in [6.07, 6.45) is -4.64. The Morgan fingerprint density at radius 2 is 1.80 bits per heavy atom. The second kappa shape index (κ2) is 5.26. The van der Waals surface area contributed by atoms with Crippen molar-refractivity contribution < 1.29 is 17.9 Å². The monoisotopic (exact) mass is 286 g/mol. The van der Waals surface area contributed by atoms with Crippen LogP contribution in [0, 0.1) is 11.8 Å². The van der Waals surface area contributed by atoms with Gasteiger partial charge in [-0.3, -0.25) is 4.90 Å². The summed E-state index contributed by atoms with van der Waals surface area (Å²) >= 11 is 0. The molecule has 6 heteroatoms. The quantitative estimate of drug-likeness (QED) is 0.922. The van der Waals surface area contributed by atoms with Gasteiger partial charge in [0.05, 0.1) is 0 Å². The van der Waals surface area contributed by atoms with Crippen LogP contribution in [-0.2, 0) is 6.54 Å². The Kier molecular flexibility index (Phi) is 3.60. The third kappa shape index (κ3) is 3.07. The SMILES string of the molecule is FC(F)(F)Oc1ccccc1CN1CC2CNCC2C1. The molecule has 2 fully saturated rings. The maximum Gasteiger partial charge on any atom is 0.573 e. The Morgan fingerprint density at radius 3 is 2.45 bits per heavy atom. The fourth-order valence-corrected chi connectivity index (χ4v) is 3.18. The molecule has 2 saturated heterocycles. The first-order valence-electron chi connectivity index (χ1n) is 6.78. The van der Waals surface area contributed by atoms with Gasteiger partial charge in [0.15, 0.2) is 0 Å². The van der Waals surface area contributed by atoms with Gasteiger partial charge in [0, 0.05) is 25.2 Å². The van der Waals surface area contributed by atoms with Crippen LogP contribution < -0.4 is 10.1 Å². The van der Waals surface area contributed by atoms with Crippen molar-refractivity contribution in [3.8, 4) is 5.75 Å². The third-order valence-electron chi connectivity index (χ3n) is 4.06. The van der Waals surface area contributed by atoms with E-state index in [9.17, 15) is 13.2 Å². The summed E-state index contributed by atoms with van der Waals surface area (Å²) in [5.74, 6) is 1.17. The van der Waals surface area contributed by atoms with Gasteiger partial charge in [-0.2, -0.15) is 0 Å². The number of rotatable bonds is 3. The van der Waals surface area contributed by atoms with E-state index in [0.717, 1.165) is 26.2 Å². The lowest BCUT2D eigenvalue weighted by molar-refractivity contribution is -0.275. The molecule has 2 atom stereocenters. The Morgan fingerprint density at radius 1 is 1.15 bits per heavy atom. The number of nitrogens with one attached hydrogen (secondary N) is 1. The molecule has 3 rings (SSSR count). The van der Waals surface area contributed by atoms with Crippen LogP contribution in [0.4, 0.5) is 13.2 Å². The highest BCUT2D eigenvalue weighted by atomic mass is 19.4. The average Bonchev–Trinajstić information content (AvgIpc) is 2.90. The van der Waals surface area contributed by atoms with Gasteiger partial charge < -0.3 is 10.1 Å². The van der Waals surface area contributed by atoms with Crippen molar-refractivity contribution in [2.75, 3.05) is 26.2 Å². The lowest BCUT2D eigenvalue weighted by Crippen LogP contribution is -2.26. The van der Waals surface area contributed by atoms with E-state index in [1.54, 1.807) is 18.2 Å². The molecule has 2 aliphatic heterocycles. The molecule has 2 aliphatic rings. The van der Waals surface area contributed by atoms with Gasteiger partial charge in [-0.15, -0.1) is 13.2 Å². The molecule has 3 nitrogen and oxygen atoms in total. The fraction of sp³-hybridized carbons (Fsp3) is 0.571. The number of hydrogen-bond donors (Lipinski definition) is 1. The van der Waals surface area contributed by atoms with Crippen LogP contribution in [0.2, 0.25) is 0 Å². The number of para-hydroxylation sites is 1. The molecule has 20 heavy (non-hydrogen) atoms. The Balaban J connectivity index is 1.68. The van der Waals surface area contributed by atoms with E-state index < -0.39 is 6.36 Å². The highest BCUT2D eigenvalue weighted by Crippen LogP contribution is 2.31. The maximum absolute atomic E-state index is 12.4. The smallest absolute Gasteiger partial charge is 0.405 e. The van der Waals surface area contributed by atoms with Gasteiger partial charge in [0.1, 0.15) is 5.75 Å².